The number of aryl methyl sites for hydroxylation is 1. The van der Waals surface area contributed by atoms with Crippen LogP contribution in [-0.4, -0.2) is 66.3 Å². The lowest BCUT2D eigenvalue weighted by Crippen LogP contribution is -2.47. The van der Waals surface area contributed by atoms with Crippen LogP contribution in [0.2, 0.25) is 0 Å². The van der Waals surface area contributed by atoms with E-state index in [2.05, 4.69) is 5.10 Å². The van der Waals surface area contributed by atoms with E-state index in [0.717, 1.165) is 47.2 Å². The highest BCUT2D eigenvalue weighted by molar-refractivity contribution is 7.22. The normalized spacial score (nSPS) is 11.9. The number of aromatic nitrogens is 5. The maximum Gasteiger partial charge on any atom is 0.254 e. The minimum absolute atomic E-state index is 0.0861. The Balaban J connectivity index is 1.19. The van der Waals surface area contributed by atoms with Crippen LogP contribution in [0.3, 0.4) is 0 Å². The Kier molecular flexibility index (Phi) is 7.90. The first-order valence-corrected chi connectivity index (χ1v) is 16.1. The number of nitrogens with zero attached hydrogens (tertiary/aromatic N) is 6. The van der Waals surface area contributed by atoms with Gasteiger partial charge in [0.25, 0.3) is 5.91 Å². The number of aliphatic hydroxyl groups excluding tert-OH is 1. The van der Waals surface area contributed by atoms with Crippen molar-refractivity contribution in [2.45, 2.75) is 39.8 Å². The average molecular weight is 635 g/mol. The molecule has 0 fully saturated rings. The van der Waals surface area contributed by atoms with E-state index in [1.165, 1.54) is 34.0 Å². The van der Waals surface area contributed by atoms with Gasteiger partial charge in [0.15, 0.2) is 0 Å². The number of thiazole rings is 2. The molecule has 0 unspecified atom stereocenters. The standard InChI is InChI=1S/C30H30N6O4S3/c1-17-34-36-14-23(33-29(36)42-17)27-32-22-12-21(39-5)13-24(25(22)43-27)40-15-20-16-41-26(31-20)18-6-8-19(9-7-18)28(38)35(10-11-37)30(2,3)4/h6-9,12-14,16,37H,10-11,15H2,1-5H3. The zero-order valence-corrected chi connectivity index (χ0v) is 26.8. The maximum absolute atomic E-state index is 13.1. The lowest BCUT2D eigenvalue weighted by molar-refractivity contribution is 0.0527. The molecule has 1 amide bonds. The zero-order valence-electron chi connectivity index (χ0n) is 24.3. The Morgan fingerprint density at radius 3 is 2.56 bits per heavy atom. The van der Waals surface area contributed by atoms with Crippen molar-refractivity contribution in [2.75, 3.05) is 20.3 Å². The summed E-state index contributed by atoms with van der Waals surface area (Å²) in [5.41, 5.74) is 3.41. The van der Waals surface area contributed by atoms with E-state index < -0.39 is 5.54 Å². The Hall–Kier alpha value is -3.91. The molecular formula is C30H30N6O4S3. The topological polar surface area (TPSA) is 115 Å². The molecule has 43 heavy (non-hydrogen) atoms. The van der Waals surface area contributed by atoms with Crippen molar-refractivity contribution < 1.29 is 19.4 Å². The molecule has 0 aliphatic carbocycles. The first-order valence-electron chi connectivity index (χ1n) is 13.5. The third kappa shape index (κ3) is 5.98. The second-order valence-corrected chi connectivity index (χ2v) is 13.8. The zero-order chi connectivity index (χ0) is 30.3. The van der Waals surface area contributed by atoms with E-state index in [9.17, 15) is 9.90 Å². The highest BCUT2D eigenvalue weighted by Gasteiger charge is 2.27. The van der Waals surface area contributed by atoms with E-state index >= 15 is 0 Å². The number of hydrogen-bond acceptors (Lipinski definition) is 11. The molecule has 4 aromatic heterocycles. The molecular weight excluding hydrogens is 605 g/mol. The summed E-state index contributed by atoms with van der Waals surface area (Å²) in [5, 5.41) is 18.4. The van der Waals surface area contributed by atoms with Gasteiger partial charge in [0, 0.05) is 40.7 Å². The van der Waals surface area contributed by atoms with Gasteiger partial charge in [-0.3, -0.25) is 4.79 Å². The van der Waals surface area contributed by atoms with Crippen LogP contribution in [0.25, 0.3) is 36.5 Å². The molecule has 10 nitrogen and oxygen atoms in total. The SMILES string of the molecule is COc1cc(OCc2csc(-c3ccc(C(=O)N(CCO)C(C)(C)C)cc3)n2)c2sc(-c3cn4nc(C)sc4n3)nc2c1. The van der Waals surface area contributed by atoms with Gasteiger partial charge >= 0.3 is 0 Å². The molecule has 0 aliphatic heterocycles. The van der Waals surface area contributed by atoms with Crippen LogP contribution in [0.15, 0.2) is 48.0 Å². The molecule has 6 aromatic rings. The van der Waals surface area contributed by atoms with Crippen LogP contribution in [0.4, 0.5) is 0 Å². The van der Waals surface area contributed by atoms with Crippen molar-refractivity contribution in [3.05, 3.63) is 64.2 Å². The lowest BCUT2D eigenvalue weighted by atomic mass is 10.0. The Bertz CT molecular complexity index is 1880. The molecule has 13 heteroatoms. The van der Waals surface area contributed by atoms with Crippen LogP contribution >= 0.6 is 34.0 Å². The first kappa shape index (κ1) is 29.2. The number of fused-ring (bicyclic) bond motifs is 2. The summed E-state index contributed by atoms with van der Waals surface area (Å²) in [6, 6.07) is 11.2. The molecule has 0 spiro atoms. The number of benzene rings is 2. The number of hydrogen-bond donors (Lipinski definition) is 1. The van der Waals surface area contributed by atoms with Crippen molar-refractivity contribution in [1.29, 1.82) is 0 Å². The number of amides is 1. The Morgan fingerprint density at radius 1 is 1.07 bits per heavy atom. The number of aliphatic hydroxyl groups is 1. The summed E-state index contributed by atoms with van der Waals surface area (Å²) >= 11 is 4.57. The van der Waals surface area contributed by atoms with E-state index in [1.807, 2.05) is 63.5 Å². The number of imidazole rings is 1. The Labute approximate surface area is 260 Å². The molecule has 2 aromatic carbocycles. The molecule has 1 N–H and O–H groups in total. The second-order valence-electron chi connectivity index (χ2n) is 10.8. The average Bonchev–Trinajstić information content (AvgIpc) is 3.76. The number of carbonyl (C=O) groups excluding carboxylic acids is 1. The number of β-amino-alcohol motifs (C(OH)–C–C–N with tert-alkyl or cyclic N) is 1. The number of methoxy groups -OCH3 is 1. The Morgan fingerprint density at radius 2 is 1.86 bits per heavy atom. The fraction of sp³-hybridized carbons (Fsp3) is 0.300. The third-order valence-corrected chi connectivity index (χ3v) is 9.60. The summed E-state index contributed by atoms with van der Waals surface area (Å²) in [7, 11) is 1.62. The maximum atomic E-state index is 13.1. The summed E-state index contributed by atoms with van der Waals surface area (Å²) in [5.74, 6) is 1.20. The summed E-state index contributed by atoms with van der Waals surface area (Å²) in [4.78, 5) is 29.9. The predicted molar refractivity (Wildman–Crippen MR) is 171 cm³/mol. The van der Waals surface area contributed by atoms with Crippen molar-refractivity contribution in [3.8, 4) is 32.8 Å². The monoisotopic (exact) mass is 634 g/mol. The van der Waals surface area contributed by atoms with Crippen molar-refractivity contribution in [3.63, 3.8) is 0 Å². The number of ether oxygens (including phenoxy) is 2. The summed E-state index contributed by atoms with van der Waals surface area (Å²) in [6.45, 7) is 8.29. The molecule has 0 radical (unpaired) electrons. The molecule has 6 rings (SSSR count). The molecule has 0 saturated heterocycles. The smallest absolute Gasteiger partial charge is 0.254 e. The van der Waals surface area contributed by atoms with Crippen molar-refractivity contribution in [2.24, 2.45) is 0 Å². The van der Waals surface area contributed by atoms with Gasteiger partial charge in [0.2, 0.25) is 4.96 Å². The lowest BCUT2D eigenvalue weighted by Gasteiger charge is -2.35. The fourth-order valence-electron chi connectivity index (χ4n) is 4.63. The second kappa shape index (κ2) is 11.6. The van der Waals surface area contributed by atoms with Gasteiger partial charge in [0.05, 0.1) is 35.8 Å². The van der Waals surface area contributed by atoms with Gasteiger partial charge < -0.3 is 19.5 Å². The molecule has 0 saturated carbocycles. The van der Waals surface area contributed by atoms with Crippen LogP contribution < -0.4 is 9.47 Å². The summed E-state index contributed by atoms with van der Waals surface area (Å²) in [6.07, 6.45) is 1.89. The highest BCUT2D eigenvalue weighted by atomic mass is 32.1. The van der Waals surface area contributed by atoms with Crippen LogP contribution in [0, 0.1) is 6.92 Å². The third-order valence-electron chi connectivity index (χ3n) is 6.71. The van der Waals surface area contributed by atoms with Gasteiger partial charge in [-0.1, -0.05) is 23.5 Å². The van der Waals surface area contributed by atoms with Gasteiger partial charge in [-0.25, -0.2) is 19.5 Å². The summed E-state index contributed by atoms with van der Waals surface area (Å²) < 4.78 is 14.5. The number of rotatable bonds is 9. The molecule has 0 atom stereocenters. The van der Waals surface area contributed by atoms with Crippen LogP contribution in [0.1, 0.15) is 41.8 Å². The quantitative estimate of drug-likeness (QED) is 0.197. The van der Waals surface area contributed by atoms with E-state index in [0.29, 0.717) is 17.1 Å². The minimum atomic E-state index is -0.398. The van der Waals surface area contributed by atoms with E-state index in [1.54, 1.807) is 28.7 Å². The molecule has 0 aliphatic rings. The van der Waals surface area contributed by atoms with Gasteiger partial charge in [-0.2, -0.15) is 5.10 Å². The van der Waals surface area contributed by atoms with Crippen LogP contribution in [-0.2, 0) is 6.61 Å². The fourth-order valence-corrected chi connectivity index (χ4v) is 7.13. The predicted octanol–water partition coefficient (Wildman–Crippen LogP) is 6.32. The van der Waals surface area contributed by atoms with Gasteiger partial charge in [-0.05, 0) is 39.8 Å². The molecule has 4 heterocycles. The van der Waals surface area contributed by atoms with Gasteiger partial charge in [0.1, 0.15) is 38.8 Å². The largest absolute Gasteiger partial charge is 0.497 e. The van der Waals surface area contributed by atoms with E-state index in [4.69, 9.17) is 24.4 Å². The molecule has 0 bridgehead atoms. The first-order chi connectivity index (χ1) is 20.6. The van der Waals surface area contributed by atoms with E-state index in [-0.39, 0.29) is 25.7 Å². The van der Waals surface area contributed by atoms with Crippen molar-refractivity contribution >= 4 is 55.1 Å². The highest BCUT2D eigenvalue weighted by Crippen LogP contribution is 2.39. The van der Waals surface area contributed by atoms with Gasteiger partial charge in [-0.15, -0.1) is 22.7 Å². The molecule has 222 valence electrons. The van der Waals surface area contributed by atoms with Crippen molar-refractivity contribution in [1.82, 2.24) is 29.5 Å². The van der Waals surface area contributed by atoms with Crippen LogP contribution in [0.5, 0.6) is 11.5 Å². The minimum Gasteiger partial charge on any atom is -0.497 e. The number of carbonyl (C=O) groups is 1.